The fourth-order valence-electron chi connectivity index (χ4n) is 1.09. The maximum absolute atomic E-state index is 12.0. The molecule has 0 saturated heterocycles. The monoisotopic (exact) mass is 213 g/mol. The Morgan fingerprint density at radius 3 is 2.87 bits per heavy atom. The van der Waals surface area contributed by atoms with Gasteiger partial charge in [0.05, 0.1) is 6.54 Å². The number of aryl methyl sites for hydroxylation is 1. The highest BCUT2D eigenvalue weighted by Gasteiger charge is 2.07. The van der Waals surface area contributed by atoms with Gasteiger partial charge < -0.3 is 4.74 Å². The summed E-state index contributed by atoms with van der Waals surface area (Å²) in [6.45, 7) is -1.08. The molecule has 0 heterocycles. The fourth-order valence-corrected chi connectivity index (χ4v) is 1.09. The Morgan fingerprint density at radius 1 is 1.53 bits per heavy atom. The smallest absolute Gasteiger partial charge is 0.387 e. The zero-order valence-electron chi connectivity index (χ0n) is 8.04. The van der Waals surface area contributed by atoms with Crippen molar-refractivity contribution in [2.24, 2.45) is 4.99 Å². The minimum absolute atomic E-state index is 0.101. The van der Waals surface area contributed by atoms with E-state index in [4.69, 9.17) is 0 Å². The third-order valence-electron chi connectivity index (χ3n) is 1.79. The Morgan fingerprint density at radius 2 is 2.27 bits per heavy atom. The van der Waals surface area contributed by atoms with Gasteiger partial charge in [-0.05, 0) is 24.1 Å². The van der Waals surface area contributed by atoms with Crippen LogP contribution in [0.2, 0.25) is 0 Å². The minimum Gasteiger partial charge on any atom is -0.435 e. The lowest BCUT2D eigenvalue weighted by Gasteiger charge is -2.08. The van der Waals surface area contributed by atoms with Gasteiger partial charge in [-0.2, -0.15) is 8.78 Å². The number of halogens is 2. The first-order valence-corrected chi connectivity index (χ1v) is 4.21. The highest BCUT2D eigenvalue weighted by Crippen LogP contribution is 2.21. The quantitative estimate of drug-likeness (QED) is 0.569. The molecule has 0 N–H and O–H groups in total. The Bertz CT molecular complexity index is 387. The van der Waals surface area contributed by atoms with Crippen LogP contribution in [0.4, 0.5) is 8.78 Å². The first-order valence-electron chi connectivity index (χ1n) is 4.21. The molecule has 3 nitrogen and oxygen atoms in total. The normalized spacial score (nSPS) is 9.87. The van der Waals surface area contributed by atoms with Crippen LogP contribution in [0.25, 0.3) is 0 Å². The van der Waals surface area contributed by atoms with E-state index in [0.29, 0.717) is 11.1 Å². The van der Waals surface area contributed by atoms with E-state index < -0.39 is 6.61 Å². The maximum Gasteiger partial charge on any atom is 0.387 e. The van der Waals surface area contributed by atoms with Gasteiger partial charge in [-0.1, -0.05) is 12.1 Å². The van der Waals surface area contributed by atoms with Gasteiger partial charge in [-0.3, -0.25) is 0 Å². The van der Waals surface area contributed by atoms with Crippen LogP contribution in [0.1, 0.15) is 11.1 Å². The van der Waals surface area contributed by atoms with E-state index in [1.165, 1.54) is 12.1 Å². The van der Waals surface area contributed by atoms with Crippen molar-refractivity contribution < 1.29 is 18.3 Å². The van der Waals surface area contributed by atoms with Crippen LogP contribution in [0.15, 0.2) is 23.2 Å². The van der Waals surface area contributed by atoms with Crippen molar-refractivity contribution in [3.8, 4) is 5.75 Å². The molecule has 0 bridgehead atoms. The first kappa shape index (κ1) is 11.3. The van der Waals surface area contributed by atoms with Gasteiger partial charge in [0.15, 0.2) is 0 Å². The first-order chi connectivity index (χ1) is 7.13. The molecule has 0 radical (unpaired) electrons. The number of nitrogens with zero attached hydrogens (tertiary/aromatic N) is 1. The summed E-state index contributed by atoms with van der Waals surface area (Å²) in [6.07, 6.45) is 1.38. The highest BCUT2D eigenvalue weighted by atomic mass is 19.3. The molecule has 15 heavy (non-hydrogen) atoms. The molecule has 0 atom stereocenters. The molecule has 0 aromatic heterocycles. The van der Waals surface area contributed by atoms with Crippen molar-refractivity contribution in [1.82, 2.24) is 0 Å². The molecule has 1 aromatic carbocycles. The Kier molecular flexibility index (Phi) is 3.94. The number of hydrogen-bond acceptors (Lipinski definition) is 3. The Hall–Kier alpha value is -1.74. The van der Waals surface area contributed by atoms with E-state index in [1.807, 2.05) is 0 Å². The lowest BCUT2D eigenvalue weighted by molar-refractivity contribution is -0.0503. The van der Waals surface area contributed by atoms with Crippen molar-refractivity contribution >= 4 is 6.08 Å². The SMILES string of the molecule is Cc1ccc(CN=C=O)cc1OC(F)F. The van der Waals surface area contributed by atoms with E-state index in [1.54, 1.807) is 19.1 Å². The number of carbonyl (C=O) groups excluding carboxylic acids is 1. The lowest BCUT2D eigenvalue weighted by Crippen LogP contribution is -2.03. The van der Waals surface area contributed by atoms with Crippen LogP contribution in [-0.2, 0) is 11.3 Å². The number of alkyl halides is 2. The van der Waals surface area contributed by atoms with Gasteiger partial charge in [-0.15, -0.1) is 0 Å². The van der Waals surface area contributed by atoms with Crippen LogP contribution in [0, 0.1) is 6.92 Å². The van der Waals surface area contributed by atoms with E-state index in [-0.39, 0.29) is 12.3 Å². The zero-order chi connectivity index (χ0) is 11.3. The summed E-state index contributed by atoms with van der Waals surface area (Å²) in [5, 5.41) is 0. The largest absolute Gasteiger partial charge is 0.435 e. The molecule has 1 rings (SSSR count). The van der Waals surface area contributed by atoms with Crippen LogP contribution in [-0.4, -0.2) is 12.7 Å². The van der Waals surface area contributed by atoms with Gasteiger partial charge >= 0.3 is 6.61 Å². The van der Waals surface area contributed by atoms with Crippen molar-refractivity contribution in [3.05, 3.63) is 29.3 Å². The average Bonchev–Trinajstić information content (AvgIpc) is 2.18. The molecule has 0 aliphatic heterocycles. The summed E-state index contributed by atoms with van der Waals surface area (Å²) in [7, 11) is 0. The van der Waals surface area contributed by atoms with Crippen molar-refractivity contribution in [2.75, 3.05) is 0 Å². The van der Waals surface area contributed by atoms with Crippen molar-refractivity contribution in [1.29, 1.82) is 0 Å². The van der Waals surface area contributed by atoms with Gasteiger partial charge in [0.25, 0.3) is 0 Å². The van der Waals surface area contributed by atoms with Crippen molar-refractivity contribution in [3.63, 3.8) is 0 Å². The maximum atomic E-state index is 12.0. The molecule has 1 aromatic rings. The Balaban J connectivity index is 2.89. The predicted molar refractivity (Wildman–Crippen MR) is 49.6 cm³/mol. The van der Waals surface area contributed by atoms with Crippen LogP contribution < -0.4 is 4.74 Å². The fraction of sp³-hybridized carbons (Fsp3) is 0.300. The number of ether oxygens (including phenoxy) is 1. The van der Waals surface area contributed by atoms with E-state index in [0.717, 1.165) is 0 Å². The molecular weight excluding hydrogens is 204 g/mol. The molecule has 0 unspecified atom stereocenters. The molecule has 80 valence electrons. The summed E-state index contributed by atoms with van der Waals surface area (Å²) in [4.78, 5) is 13.2. The summed E-state index contributed by atoms with van der Waals surface area (Å²) in [5.41, 5.74) is 1.23. The molecule has 0 amide bonds. The molecule has 0 aliphatic rings. The second-order valence-corrected chi connectivity index (χ2v) is 2.89. The van der Waals surface area contributed by atoms with Crippen LogP contribution >= 0.6 is 0 Å². The number of benzene rings is 1. The second-order valence-electron chi connectivity index (χ2n) is 2.89. The summed E-state index contributed by atoms with van der Waals surface area (Å²) >= 11 is 0. The highest BCUT2D eigenvalue weighted by molar-refractivity contribution is 5.38. The second kappa shape index (κ2) is 5.22. The number of rotatable bonds is 4. The molecular formula is C10H9F2NO2. The van der Waals surface area contributed by atoms with Gasteiger partial charge in [0.2, 0.25) is 6.08 Å². The average molecular weight is 213 g/mol. The number of hydrogen-bond donors (Lipinski definition) is 0. The van der Waals surface area contributed by atoms with Gasteiger partial charge in [0, 0.05) is 0 Å². The van der Waals surface area contributed by atoms with E-state index in [2.05, 4.69) is 9.73 Å². The zero-order valence-corrected chi connectivity index (χ0v) is 8.04. The minimum atomic E-state index is -2.85. The van der Waals surface area contributed by atoms with Crippen molar-refractivity contribution in [2.45, 2.75) is 20.1 Å². The van der Waals surface area contributed by atoms with E-state index >= 15 is 0 Å². The van der Waals surface area contributed by atoms with Gasteiger partial charge in [-0.25, -0.2) is 9.79 Å². The standard InChI is InChI=1S/C10H9F2NO2/c1-7-2-3-8(5-13-6-14)4-9(7)15-10(11)12/h2-4,10H,5H2,1H3. The molecule has 0 saturated carbocycles. The van der Waals surface area contributed by atoms with Gasteiger partial charge in [0.1, 0.15) is 5.75 Å². The molecule has 0 aliphatic carbocycles. The van der Waals surface area contributed by atoms with E-state index in [9.17, 15) is 13.6 Å². The summed E-state index contributed by atoms with van der Waals surface area (Å²) < 4.78 is 28.2. The van der Waals surface area contributed by atoms with Crippen LogP contribution in [0.3, 0.4) is 0 Å². The van der Waals surface area contributed by atoms with Crippen LogP contribution in [0.5, 0.6) is 5.75 Å². The predicted octanol–water partition coefficient (Wildman–Crippen LogP) is 2.43. The molecule has 5 heteroatoms. The Labute approximate surface area is 85.4 Å². The number of aliphatic imine (C=N–C) groups is 1. The third-order valence-corrected chi connectivity index (χ3v) is 1.79. The lowest BCUT2D eigenvalue weighted by atomic mass is 10.1. The molecule has 0 fully saturated rings. The number of isocyanates is 1. The molecule has 0 spiro atoms. The summed E-state index contributed by atoms with van der Waals surface area (Å²) in [5.74, 6) is 0.101. The topological polar surface area (TPSA) is 38.7 Å². The third kappa shape index (κ3) is 3.48. The summed E-state index contributed by atoms with van der Waals surface area (Å²) in [6, 6.07) is 4.75.